The van der Waals surface area contributed by atoms with Crippen LogP contribution >= 0.6 is 0 Å². The molecule has 17 heavy (non-hydrogen) atoms. The number of hydrogen-bond acceptors (Lipinski definition) is 2. The molecule has 0 unspecified atom stereocenters. The zero-order valence-electron chi connectivity index (χ0n) is 9.60. The maximum atomic E-state index is 10.7. The summed E-state index contributed by atoms with van der Waals surface area (Å²) in [7, 11) is 0. The van der Waals surface area contributed by atoms with Gasteiger partial charge in [-0.1, -0.05) is 37.6 Å². The van der Waals surface area contributed by atoms with Crippen LogP contribution in [0.5, 0.6) is 0 Å². The molecule has 0 radical (unpaired) electrons. The highest BCUT2D eigenvalue weighted by atomic mass is 16.4. The zero-order valence-corrected chi connectivity index (χ0v) is 9.60. The highest BCUT2D eigenvalue weighted by Gasteiger charge is 2.08. The van der Waals surface area contributed by atoms with E-state index in [9.17, 15) is 4.79 Å². The van der Waals surface area contributed by atoms with E-state index in [4.69, 9.17) is 5.11 Å². The number of hydrogen-bond donors (Lipinski definition) is 2. The summed E-state index contributed by atoms with van der Waals surface area (Å²) in [4.78, 5) is 17.3. The number of aryl methyl sites for hydroxylation is 1. The SMILES string of the molecule is CCCc1ccc(-c2cnc(C(=O)O)[nH]2)cc1. The van der Waals surface area contributed by atoms with E-state index in [1.807, 2.05) is 12.1 Å². The van der Waals surface area contributed by atoms with E-state index in [2.05, 4.69) is 29.0 Å². The second kappa shape index (κ2) is 4.82. The molecule has 0 spiro atoms. The number of nitrogens with zero attached hydrogens (tertiary/aromatic N) is 1. The van der Waals surface area contributed by atoms with E-state index in [0.717, 1.165) is 24.1 Å². The lowest BCUT2D eigenvalue weighted by Crippen LogP contribution is -1.98. The van der Waals surface area contributed by atoms with Crippen LogP contribution in [-0.2, 0) is 6.42 Å². The number of benzene rings is 1. The highest BCUT2D eigenvalue weighted by molar-refractivity contribution is 5.84. The fourth-order valence-electron chi connectivity index (χ4n) is 1.72. The molecule has 0 aliphatic rings. The van der Waals surface area contributed by atoms with Crippen molar-refractivity contribution in [1.29, 1.82) is 0 Å². The van der Waals surface area contributed by atoms with E-state index >= 15 is 0 Å². The third kappa shape index (κ3) is 2.53. The van der Waals surface area contributed by atoms with Crippen molar-refractivity contribution >= 4 is 5.97 Å². The van der Waals surface area contributed by atoms with Gasteiger partial charge in [-0.2, -0.15) is 0 Å². The number of aromatic amines is 1. The van der Waals surface area contributed by atoms with Gasteiger partial charge in [-0.25, -0.2) is 9.78 Å². The molecule has 0 fully saturated rings. The molecule has 0 atom stereocenters. The minimum absolute atomic E-state index is 0.0300. The Labute approximate surface area is 99.3 Å². The first kappa shape index (κ1) is 11.4. The first-order valence-electron chi connectivity index (χ1n) is 5.58. The van der Waals surface area contributed by atoms with Crippen molar-refractivity contribution in [3.63, 3.8) is 0 Å². The normalized spacial score (nSPS) is 10.4. The molecule has 1 heterocycles. The molecule has 2 aromatic rings. The number of carbonyl (C=O) groups is 1. The molecule has 0 saturated heterocycles. The molecule has 88 valence electrons. The summed E-state index contributed by atoms with van der Waals surface area (Å²) in [5.41, 5.74) is 2.96. The molecule has 2 N–H and O–H groups in total. The van der Waals surface area contributed by atoms with Gasteiger partial charge in [-0.05, 0) is 17.5 Å². The van der Waals surface area contributed by atoms with E-state index in [1.165, 1.54) is 11.8 Å². The molecule has 0 bridgehead atoms. The van der Waals surface area contributed by atoms with Gasteiger partial charge in [0.25, 0.3) is 0 Å². The standard InChI is InChI=1S/C13H14N2O2/c1-2-3-9-4-6-10(7-5-9)11-8-14-12(15-11)13(16)17/h4-8H,2-3H2,1H3,(H,14,15)(H,16,17). The van der Waals surface area contributed by atoms with Crippen molar-refractivity contribution in [2.24, 2.45) is 0 Å². The number of carboxylic acids is 1. The van der Waals surface area contributed by atoms with Crippen molar-refractivity contribution in [3.8, 4) is 11.3 Å². The molecule has 2 rings (SSSR count). The molecule has 4 heteroatoms. The lowest BCUT2D eigenvalue weighted by atomic mass is 10.1. The fourth-order valence-corrected chi connectivity index (χ4v) is 1.72. The lowest BCUT2D eigenvalue weighted by molar-refractivity contribution is 0.0685. The first-order valence-corrected chi connectivity index (χ1v) is 5.58. The molecule has 0 aliphatic carbocycles. The largest absolute Gasteiger partial charge is 0.475 e. The molecular weight excluding hydrogens is 216 g/mol. The Balaban J connectivity index is 2.23. The van der Waals surface area contributed by atoms with Crippen LogP contribution in [0.1, 0.15) is 29.5 Å². The highest BCUT2D eigenvalue weighted by Crippen LogP contribution is 2.18. The number of H-pyrrole nitrogens is 1. The van der Waals surface area contributed by atoms with Crippen LogP contribution < -0.4 is 0 Å². The van der Waals surface area contributed by atoms with Crippen LogP contribution in [-0.4, -0.2) is 21.0 Å². The summed E-state index contributed by atoms with van der Waals surface area (Å²) in [5, 5.41) is 8.77. The van der Waals surface area contributed by atoms with Gasteiger partial charge in [0.2, 0.25) is 5.82 Å². The average molecular weight is 230 g/mol. The average Bonchev–Trinajstić information content (AvgIpc) is 2.80. The number of carboxylic acid groups (broad SMARTS) is 1. The predicted molar refractivity (Wildman–Crippen MR) is 65.0 cm³/mol. The van der Waals surface area contributed by atoms with E-state index in [0.29, 0.717) is 0 Å². The Morgan fingerprint density at radius 2 is 2.06 bits per heavy atom. The topological polar surface area (TPSA) is 66.0 Å². The Morgan fingerprint density at radius 1 is 1.35 bits per heavy atom. The maximum absolute atomic E-state index is 10.7. The predicted octanol–water partition coefficient (Wildman–Crippen LogP) is 2.73. The molecule has 1 aromatic heterocycles. The van der Waals surface area contributed by atoms with Crippen LogP contribution in [0.3, 0.4) is 0 Å². The van der Waals surface area contributed by atoms with Gasteiger partial charge in [-0.15, -0.1) is 0 Å². The van der Waals surface area contributed by atoms with Gasteiger partial charge >= 0.3 is 5.97 Å². The van der Waals surface area contributed by atoms with Crippen LogP contribution in [0.25, 0.3) is 11.3 Å². The number of aromatic nitrogens is 2. The number of aromatic carboxylic acids is 1. The summed E-state index contributed by atoms with van der Waals surface area (Å²) in [6.45, 7) is 2.14. The van der Waals surface area contributed by atoms with E-state index in [-0.39, 0.29) is 5.82 Å². The molecule has 0 saturated carbocycles. The zero-order chi connectivity index (χ0) is 12.3. The van der Waals surface area contributed by atoms with Crippen molar-refractivity contribution in [3.05, 3.63) is 41.9 Å². The van der Waals surface area contributed by atoms with Crippen LogP contribution in [0, 0.1) is 0 Å². The molecule has 1 aromatic carbocycles. The van der Waals surface area contributed by atoms with Gasteiger partial charge in [0, 0.05) is 0 Å². The Morgan fingerprint density at radius 3 is 2.59 bits per heavy atom. The minimum Gasteiger partial charge on any atom is -0.475 e. The number of nitrogens with one attached hydrogen (secondary N) is 1. The Kier molecular flexibility index (Phi) is 3.23. The molecule has 0 amide bonds. The third-order valence-corrected chi connectivity index (χ3v) is 2.58. The summed E-state index contributed by atoms with van der Waals surface area (Å²) in [6, 6.07) is 8.06. The summed E-state index contributed by atoms with van der Waals surface area (Å²) in [6.07, 6.45) is 3.72. The van der Waals surface area contributed by atoms with Crippen molar-refractivity contribution in [2.45, 2.75) is 19.8 Å². The quantitative estimate of drug-likeness (QED) is 0.848. The summed E-state index contributed by atoms with van der Waals surface area (Å²) >= 11 is 0. The van der Waals surface area contributed by atoms with Crippen molar-refractivity contribution in [2.75, 3.05) is 0 Å². The molecule has 4 nitrogen and oxygen atoms in total. The van der Waals surface area contributed by atoms with Gasteiger partial charge < -0.3 is 10.1 Å². The third-order valence-electron chi connectivity index (χ3n) is 2.58. The van der Waals surface area contributed by atoms with E-state index in [1.54, 1.807) is 0 Å². The monoisotopic (exact) mass is 230 g/mol. The van der Waals surface area contributed by atoms with Crippen molar-refractivity contribution in [1.82, 2.24) is 9.97 Å². The lowest BCUT2D eigenvalue weighted by Gasteiger charge is -2.00. The Hall–Kier alpha value is -2.10. The van der Waals surface area contributed by atoms with Crippen LogP contribution in [0.15, 0.2) is 30.5 Å². The first-order chi connectivity index (χ1) is 8.20. The summed E-state index contributed by atoms with van der Waals surface area (Å²) in [5.74, 6) is -1.07. The second-order valence-electron chi connectivity index (χ2n) is 3.90. The van der Waals surface area contributed by atoms with Gasteiger partial charge in [-0.3, -0.25) is 0 Å². The van der Waals surface area contributed by atoms with Crippen LogP contribution in [0.4, 0.5) is 0 Å². The van der Waals surface area contributed by atoms with Crippen LogP contribution in [0.2, 0.25) is 0 Å². The Bertz CT molecular complexity index is 514. The fraction of sp³-hybridized carbons (Fsp3) is 0.231. The maximum Gasteiger partial charge on any atom is 0.371 e. The number of rotatable bonds is 4. The minimum atomic E-state index is -1.04. The number of imidazole rings is 1. The van der Waals surface area contributed by atoms with Gasteiger partial charge in [0.05, 0.1) is 11.9 Å². The summed E-state index contributed by atoms with van der Waals surface area (Å²) < 4.78 is 0. The van der Waals surface area contributed by atoms with Crippen molar-refractivity contribution < 1.29 is 9.90 Å². The molecular formula is C13H14N2O2. The van der Waals surface area contributed by atoms with E-state index < -0.39 is 5.97 Å². The van der Waals surface area contributed by atoms with Gasteiger partial charge in [0.1, 0.15) is 0 Å². The van der Waals surface area contributed by atoms with Gasteiger partial charge in [0.15, 0.2) is 0 Å². The smallest absolute Gasteiger partial charge is 0.371 e. The second-order valence-corrected chi connectivity index (χ2v) is 3.90. The molecule has 0 aliphatic heterocycles.